The standard InChI is InChI=1S/C15H16BrNO2/c16-12-6-7-13(17-11-12)10-14(18)8-9-19-15-4-2-1-3-5-15/h1-7,11,14,18H,8-10H2. The topological polar surface area (TPSA) is 42.4 Å². The normalized spacial score (nSPS) is 12.1. The van der Waals surface area contributed by atoms with E-state index in [1.165, 1.54) is 0 Å². The molecule has 1 atom stereocenters. The molecule has 0 radical (unpaired) electrons. The minimum Gasteiger partial charge on any atom is -0.493 e. The summed E-state index contributed by atoms with van der Waals surface area (Å²) in [5, 5.41) is 9.92. The van der Waals surface area contributed by atoms with Gasteiger partial charge in [-0.05, 0) is 40.2 Å². The van der Waals surface area contributed by atoms with Gasteiger partial charge >= 0.3 is 0 Å². The summed E-state index contributed by atoms with van der Waals surface area (Å²) in [5.74, 6) is 0.830. The number of rotatable bonds is 6. The van der Waals surface area contributed by atoms with Crippen molar-refractivity contribution in [3.63, 3.8) is 0 Å². The molecule has 0 saturated carbocycles. The summed E-state index contributed by atoms with van der Waals surface area (Å²) in [6.07, 6.45) is 2.44. The molecule has 1 unspecified atom stereocenters. The fourth-order valence-corrected chi connectivity index (χ4v) is 1.93. The van der Waals surface area contributed by atoms with Crippen molar-refractivity contribution in [3.05, 3.63) is 58.8 Å². The van der Waals surface area contributed by atoms with E-state index in [-0.39, 0.29) is 0 Å². The number of hydrogen-bond acceptors (Lipinski definition) is 3. The van der Waals surface area contributed by atoms with Crippen LogP contribution in [0.15, 0.2) is 53.1 Å². The first-order valence-electron chi connectivity index (χ1n) is 6.20. The zero-order valence-corrected chi connectivity index (χ0v) is 12.1. The molecule has 1 heterocycles. The molecule has 0 aliphatic carbocycles. The molecule has 1 aromatic carbocycles. The number of benzene rings is 1. The van der Waals surface area contributed by atoms with Gasteiger partial charge in [-0.15, -0.1) is 0 Å². The Morgan fingerprint density at radius 1 is 1.16 bits per heavy atom. The number of aliphatic hydroxyl groups excluding tert-OH is 1. The average molecular weight is 322 g/mol. The van der Waals surface area contributed by atoms with Crippen LogP contribution in [0.25, 0.3) is 0 Å². The predicted octanol–water partition coefficient (Wildman–Crippen LogP) is 3.22. The van der Waals surface area contributed by atoms with Gasteiger partial charge in [-0.3, -0.25) is 4.98 Å². The molecule has 0 aliphatic rings. The molecule has 2 rings (SSSR count). The lowest BCUT2D eigenvalue weighted by Gasteiger charge is -2.11. The van der Waals surface area contributed by atoms with Gasteiger partial charge in [-0.2, -0.15) is 0 Å². The molecule has 2 aromatic rings. The maximum atomic E-state index is 9.92. The van der Waals surface area contributed by atoms with Crippen molar-refractivity contribution in [2.45, 2.75) is 18.9 Å². The van der Waals surface area contributed by atoms with Gasteiger partial charge in [0.05, 0.1) is 12.7 Å². The Kier molecular flexibility index (Phi) is 5.36. The van der Waals surface area contributed by atoms with Crippen molar-refractivity contribution >= 4 is 15.9 Å². The first-order valence-corrected chi connectivity index (χ1v) is 6.99. The summed E-state index contributed by atoms with van der Waals surface area (Å²) in [6.45, 7) is 0.502. The maximum Gasteiger partial charge on any atom is 0.119 e. The third kappa shape index (κ3) is 5.01. The van der Waals surface area contributed by atoms with E-state index >= 15 is 0 Å². The van der Waals surface area contributed by atoms with E-state index in [2.05, 4.69) is 20.9 Å². The largest absolute Gasteiger partial charge is 0.493 e. The molecular formula is C15H16BrNO2. The zero-order valence-electron chi connectivity index (χ0n) is 10.5. The van der Waals surface area contributed by atoms with Gasteiger partial charge in [0, 0.05) is 29.2 Å². The lowest BCUT2D eigenvalue weighted by Crippen LogP contribution is -2.15. The van der Waals surface area contributed by atoms with E-state index < -0.39 is 6.10 Å². The van der Waals surface area contributed by atoms with Gasteiger partial charge in [-0.25, -0.2) is 0 Å². The van der Waals surface area contributed by atoms with Gasteiger partial charge in [0.2, 0.25) is 0 Å². The Balaban J connectivity index is 1.73. The highest BCUT2D eigenvalue weighted by Gasteiger charge is 2.07. The SMILES string of the molecule is OC(CCOc1ccccc1)Cc1ccc(Br)cn1. The lowest BCUT2D eigenvalue weighted by atomic mass is 10.1. The van der Waals surface area contributed by atoms with Crippen LogP contribution in [0.5, 0.6) is 5.75 Å². The highest BCUT2D eigenvalue weighted by molar-refractivity contribution is 9.10. The number of ether oxygens (including phenoxy) is 1. The summed E-state index contributed by atoms with van der Waals surface area (Å²) in [6, 6.07) is 13.4. The van der Waals surface area contributed by atoms with Gasteiger partial charge in [0.25, 0.3) is 0 Å². The molecule has 0 saturated heterocycles. The van der Waals surface area contributed by atoms with Crippen LogP contribution in [0.2, 0.25) is 0 Å². The van der Waals surface area contributed by atoms with Crippen molar-refractivity contribution in [1.29, 1.82) is 0 Å². The number of pyridine rings is 1. The fraction of sp³-hybridized carbons (Fsp3) is 0.267. The number of aliphatic hydroxyl groups is 1. The Bertz CT molecular complexity index is 487. The van der Waals surface area contributed by atoms with Crippen LogP contribution in [-0.4, -0.2) is 22.8 Å². The Morgan fingerprint density at radius 2 is 1.95 bits per heavy atom. The second kappa shape index (κ2) is 7.26. The second-order valence-corrected chi connectivity index (χ2v) is 5.19. The number of nitrogens with zero attached hydrogens (tertiary/aromatic N) is 1. The summed E-state index contributed by atoms with van der Waals surface area (Å²) < 4.78 is 6.49. The minimum absolute atomic E-state index is 0.433. The van der Waals surface area contributed by atoms with E-state index in [1.807, 2.05) is 42.5 Å². The molecular weight excluding hydrogens is 306 g/mol. The molecule has 100 valence electrons. The van der Waals surface area contributed by atoms with Crippen LogP contribution in [0.3, 0.4) is 0 Å². The maximum absolute atomic E-state index is 9.92. The third-order valence-electron chi connectivity index (χ3n) is 2.70. The monoisotopic (exact) mass is 321 g/mol. The van der Waals surface area contributed by atoms with Crippen molar-refractivity contribution in [2.75, 3.05) is 6.61 Å². The first kappa shape index (κ1) is 14.0. The molecule has 1 N–H and O–H groups in total. The molecule has 0 spiro atoms. The van der Waals surface area contributed by atoms with Gasteiger partial charge < -0.3 is 9.84 Å². The van der Waals surface area contributed by atoms with Crippen LogP contribution in [-0.2, 0) is 6.42 Å². The average Bonchev–Trinajstić information content (AvgIpc) is 2.43. The zero-order chi connectivity index (χ0) is 13.5. The summed E-state index contributed by atoms with van der Waals surface area (Å²) in [7, 11) is 0. The Labute approximate surface area is 121 Å². The Hall–Kier alpha value is -1.39. The van der Waals surface area contributed by atoms with Gasteiger partial charge in [0.1, 0.15) is 5.75 Å². The number of halogens is 1. The van der Waals surface area contributed by atoms with Crippen LogP contribution >= 0.6 is 15.9 Å². The van der Waals surface area contributed by atoms with Crippen LogP contribution in [0.1, 0.15) is 12.1 Å². The quantitative estimate of drug-likeness (QED) is 0.888. The van der Waals surface area contributed by atoms with Crippen molar-refractivity contribution < 1.29 is 9.84 Å². The summed E-state index contributed by atoms with van der Waals surface area (Å²) >= 11 is 3.33. The predicted molar refractivity (Wildman–Crippen MR) is 78.2 cm³/mol. The molecule has 1 aromatic heterocycles. The first-order chi connectivity index (χ1) is 9.24. The molecule has 0 fully saturated rings. The third-order valence-corrected chi connectivity index (χ3v) is 3.17. The van der Waals surface area contributed by atoms with E-state index in [0.29, 0.717) is 19.4 Å². The van der Waals surface area contributed by atoms with Crippen molar-refractivity contribution in [3.8, 4) is 5.75 Å². The second-order valence-electron chi connectivity index (χ2n) is 4.28. The van der Waals surface area contributed by atoms with Crippen LogP contribution in [0.4, 0.5) is 0 Å². The highest BCUT2D eigenvalue weighted by Crippen LogP contribution is 2.11. The highest BCUT2D eigenvalue weighted by atomic mass is 79.9. The molecule has 4 heteroatoms. The molecule has 0 aliphatic heterocycles. The van der Waals surface area contributed by atoms with Crippen LogP contribution < -0.4 is 4.74 Å². The minimum atomic E-state index is -0.433. The number of para-hydroxylation sites is 1. The van der Waals surface area contributed by atoms with Crippen molar-refractivity contribution in [2.24, 2.45) is 0 Å². The van der Waals surface area contributed by atoms with Gasteiger partial charge in [-0.1, -0.05) is 18.2 Å². The van der Waals surface area contributed by atoms with E-state index in [1.54, 1.807) is 6.20 Å². The number of hydrogen-bond donors (Lipinski definition) is 1. The van der Waals surface area contributed by atoms with E-state index in [4.69, 9.17) is 4.74 Å². The van der Waals surface area contributed by atoms with Gasteiger partial charge in [0.15, 0.2) is 0 Å². The molecule has 0 bridgehead atoms. The number of aromatic nitrogens is 1. The summed E-state index contributed by atoms with van der Waals surface area (Å²) in [5.41, 5.74) is 0.885. The van der Waals surface area contributed by atoms with Crippen molar-refractivity contribution in [1.82, 2.24) is 4.98 Å². The van der Waals surface area contributed by atoms with E-state index in [0.717, 1.165) is 15.9 Å². The fourth-order valence-electron chi connectivity index (χ4n) is 1.70. The van der Waals surface area contributed by atoms with Crippen LogP contribution in [0, 0.1) is 0 Å². The van der Waals surface area contributed by atoms with E-state index in [9.17, 15) is 5.11 Å². The Morgan fingerprint density at radius 3 is 2.63 bits per heavy atom. The lowest BCUT2D eigenvalue weighted by molar-refractivity contribution is 0.138. The molecule has 19 heavy (non-hydrogen) atoms. The molecule has 3 nitrogen and oxygen atoms in total. The molecule has 0 amide bonds. The summed E-state index contributed by atoms with van der Waals surface area (Å²) in [4.78, 5) is 4.24. The smallest absolute Gasteiger partial charge is 0.119 e.